The monoisotopic (exact) mass is 456 g/mol. The van der Waals surface area contributed by atoms with Crippen LogP contribution in [0.25, 0.3) is 22.3 Å². The number of hydrogen-bond donors (Lipinski definition) is 0. The molecule has 4 aromatic rings. The van der Waals surface area contributed by atoms with Gasteiger partial charge in [0, 0.05) is 63.9 Å². The minimum absolute atomic E-state index is 0.000481. The van der Waals surface area contributed by atoms with Crippen LogP contribution in [0.3, 0.4) is 0 Å². The van der Waals surface area contributed by atoms with Gasteiger partial charge in [-0.3, -0.25) is 14.5 Å². The molecule has 1 aliphatic rings. The summed E-state index contributed by atoms with van der Waals surface area (Å²) in [5.41, 5.74) is 4.08. The van der Waals surface area contributed by atoms with Crippen LogP contribution in [0.1, 0.15) is 15.9 Å². The minimum Gasteiger partial charge on any atom is -0.353 e. The van der Waals surface area contributed by atoms with Gasteiger partial charge in [0.1, 0.15) is 5.82 Å². The largest absolute Gasteiger partial charge is 0.353 e. The third-order valence-corrected chi connectivity index (χ3v) is 6.09. The molecule has 1 amide bonds. The summed E-state index contributed by atoms with van der Waals surface area (Å²) < 4.78 is 1.70. The Hall–Kier alpha value is -3.85. The summed E-state index contributed by atoms with van der Waals surface area (Å²) in [6, 6.07) is 9.86. The average Bonchev–Trinajstić information content (AvgIpc) is 3.24. The maximum absolute atomic E-state index is 13.6. The normalized spacial score (nSPS) is 14.2. The summed E-state index contributed by atoms with van der Waals surface area (Å²) in [6.45, 7) is 3.61. The Kier molecular flexibility index (Phi) is 5.93. The first-order valence-corrected chi connectivity index (χ1v) is 11.4. The van der Waals surface area contributed by atoms with Crippen molar-refractivity contribution in [1.82, 2.24) is 34.5 Å². The third kappa shape index (κ3) is 4.34. The van der Waals surface area contributed by atoms with Gasteiger partial charge in [0.05, 0.1) is 22.8 Å². The molecule has 4 aromatic heterocycles. The van der Waals surface area contributed by atoms with Gasteiger partial charge >= 0.3 is 0 Å². The van der Waals surface area contributed by atoms with E-state index in [1.807, 2.05) is 50.4 Å². The highest BCUT2D eigenvalue weighted by Crippen LogP contribution is 2.26. The van der Waals surface area contributed by atoms with Gasteiger partial charge in [-0.15, -0.1) is 0 Å². The molecule has 1 aliphatic heterocycles. The number of rotatable bonds is 5. The molecule has 0 aliphatic carbocycles. The molecule has 9 heteroatoms. The van der Waals surface area contributed by atoms with E-state index in [2.05, 4.69) is 37.0 Å². The quantitative estimate of drug-likeness (QED) is 0.456. The van der Waals surface area contributed by atoms with Gasteiger partial charge in [0.2, 0.25) is 0 Å². The molecule has 0 bridgehead atoms. The Balaban J connectivity index is 1.35. The third-order valence-electron chi connectivity index (χ3n) is 6.09. The molecule has 0 saturated carbocycles. The number of pyridine rings is 3. The van der Waals surface area contributed by atoms with E-state index in [-0.39, 0.29) is 5.91 Å². The predicted molar refractivity (Wildman–Crippen MR) is 131 cm³/mol. The van der Waals surface area contributed by atoms with Gasteiger partial charge in [0.25, 0.3) is 5.91 Å². The lowest BCUT2D eigenvalue weighted by Gasteiger charge is -2.35. The topological polar surface area (TPSA) is 83.3 Å². The molecule has 5 rings (SSSR count). The Morgan fingerprint density at radius 1 is 1.06 bits per heavy atom. The van der Waals surface area contributed by atoms with E-state index in [1.165, 1.54) is 5.56 Å². The van der Waals surface area contributed by atoms with Crippen molar-refractivity contribution in [3.8, 4) is 11.3 Å². The van der Waals surface area contributed by atoms with Crippen LogP contribution in [-0.4, -0.2) is 80.7 Å². The smallest absolute Gasteiger partial charge is 0.254 e. The Morgan fingerprint density at radius 3 is 2.56 bits per heavy atom. The van der Waals surface area contributed by atoms with Crippen molar-refractivity contribution >= 4 is 22.8 Å². The lowest BCUT2D eigenvalue weighted by atomic mass is 10.1. The number of carbonyl (C=O) groups is 1. The Bertz CT molecular complexity index is 1290. The molecule has 0 unspecified atom stereocenters. The van der Waals surface area contributed by atoms with Crippen molar-refractivity contribution in [2.24, 2.45) is 7.05 Å². The molecular formula is C25H28N8O. The van der Waals surface area contributed by atoms with Crippen LogP contribution in [0.4, 0.5) is 5.82 Å². The molecule has 174 valence electrons. The number of piperazine rings is 1. The van der Waals surface area contributed by atoms with E-state index in [0.717, 1.165) is 36.4 Å². The highest BCUT2D eigenvalue weighted by atomic mass is 16.2. The number of aromatic nitrogens is 5. The Morgan fingerprint density at radius 2 is 1.88 bits per heavy atom. The molecule has 0 aromatic carbocycles. The molecule has 34 heavy (non-hydrogen) atoms. The number of nitrogens with zero attached hydrogens (tertiary/aromatic N) is 8. The van der Waals surface area contributed by atoms with Crippen molar-refractivity contribution in [1.29, 1.82) is 0 Å². The summed E-state index contributed by atoms with van der Waals surface area (Å²) in [6.07, 6.45) is 7.14. The maximum atomic E-state index is 13.6. The number of anilines is 1. The molecule has 0 N–H and O–H groups in total. The van der Waals surface area contributed by atoms with Crippen LogP contribution in [0.5, 0.6) is 0 Å². The van der Waals surface area contributed by atoms with E-state index in [1.54, 1.807) is 23.3 Å². The van der Waals surface area contributed by atoms with Crippen LogP contribution < -0.4 is 4.90 Å². The zero-order chi connectivity index (χ0) is 23.7. The fraction of sp³-hybridized carbons (Fsp3) is 0.320. The van der Waals surface area contributed by atoms with E-state index in [4.69, 9.17) is 4.98 Å². The number of amides is 1. The second kappa shape index (κ2) is 9.18. The average molecular weight is 457 g/mol. The van der Waals surface area contributed by atoms with E-state index >= 15 is 0 Å². The highest BCUT2D eigenvalue weighted by molar-refractivity contribution is 6.06. The first-order valence-electron chi connectivity index (χ1n) is 11.4. The lowest BCUT2D eigenvalue weighted by Crippen LogP contribution is -2.49. The van der Waals surface area contributed by atoms with Gasteiger partial charge in [-0.05, 0) is 43.9 Å². The van der Waals surface area contributed by atoms with Crippen LogP contribution in [0, 0.1) is 0 Å². The first-order chi connectivity index (χ1) is 16.5. The van der Waals surface area contributed by atoms with Crippen molar-refractivity contribution < 1.29 is 4.79 Å². The number of aryl methyl sites for hydroxylation is 1. The summed E-state index contributed by atoms with van der Waals surface area (Å²) >= 11 is 0. The minimum atomic E-state index is -0.000481. The highest BCUT2D eigenvalue weighted by Gasteiger charge is 2.26. The molecule has 0 atom stereocenters. The van der Waals surface area contributed by atoms with Crippen molar-refractivity contribution in [2.45, 2.75) is 6.54 Å². The summed E-state index contributed by atoms with van der Waals surface area (Å²) in [7, 11) is 5.93. The van der Waals surface area contributed by atoms with E-state index in [0.29, 0.717) is 30.0 Å². The van der Waals surface area contributed by atoms with Crippen molar-refractivity contribution in [3.05, 3.63) is 66.2 Å². The summed E-state index contributed by atoms with van der Waals surface area (Å²) in [5.74, 6) is 0.950. The molecular weight excluding hydrogens is 428 g/mol. The standard InChI is InChI=1S/C25H28N8O/c1-30(2)17-18-6-7-23(27-14-18)32-9-11-33(12-10-32)25(34)20-13-22(19-5-4-8-26-15-19)29-24-21(20)16-28-31(24)3/h4-8,13-16H,9-12,17H2,1-3H3. The number of fused-ring (bicyclic) bond motifs is 1. The number of carbonyl (C=O) groups excluding carboxylic acids is 1. The van der Waals surface area contributed by atoms with E-state index < -0.39 is 0 Å². The van der Waals surface area contributed by atoms with Crippen molar-refractivity contribution in [3.63, 3.8) is 0 Å². The van der Waals surface area contributed by atoms with Gasteiger partial charge < -0.3 is 14.7 Å². The van der Waals surface area contributed by atoms with Gasteiger partial charge in [0.15, 0.2) is 5.65 Å². The molecule has 0 radical (unpaired) electrons. The molecule has 1 saturated heterocycles. The second-order valence-corrected chi connectivity index (χ2v) is 8.84. The molecule has 5 heterocycles. The number of hydrogen-bond acceptors (Lipinski definition) is 7. The van der Waals surface area contributed by atoms with Crippen LogP contribution in [0.2, 0.25) is 0 Å². The molecule has 9 nitrogen and oxygen atoms in total. The fourth-order valence-electron chi connectivity index (χ4n) is 4.33. The van der Waals surface area contributed by atoms with Crippen LogP contribution >= 0.6 is 0 Å². The zero-order valence-corrected chi connectivity index (χ0v) is 19.7. The van der Waals surface area contributed by atoms with Crippen LogP contribution in [-0.2, 0) is 13.6 Å². The maximum Gasteiger partial charge on any atom is 0.254 e. The first kappa shape index (κ1) is 22.0. The lowest BCUT2D eigenvalue weighted by molar-refractivity contribution is 0.0748. The molecule has 0 spiro atoms. The van der Waals surface area contributed by atoms with Crippen LogP contribution in [0.15, 0.2) is 55.1 Å². The van der Waals surface area contributed by atoms with Gasteiger partial charge in [-0.1, -0.05) is 6.07 Å². The second-order valence-electron chi connectivity index (χ2n) is 8.84. The van der Waals surface area contributed by atoms with Gasteiger partial charge in [-0.25, -0.2) is 9.97 Å². The summed E-state index contributed by atoms with van der Waals surface area (Å²) in [4.78, 5) is 33.5. The SMILES string of the molecule is CN(C)Cc1ccc(N2CCN(C(=O)c3cc(-c4cccnc4)nc4c3cnn4C)CC2)nc1. The van der Waals surface area contributed by atoms with E-state index in [9.17, 15) is 4.79 Å². The van der Waals surface area contributed by atoms with Gasteiger partial charge in [-0.2, -0.15) is 5.10 Å². The predicted octanol–water partition coefficient (Wildman–Crippen LogP) is 2.45. The van der Waals surface area contributed by atoms with Crippen molar-refractivity contribution in [2.75, 3.05) is 45.2 Å². The zero-order valence-electron chi connectivity index (χ0n) is 19.7. The molecule has 1 fully saturated rings. The fourth-order valence-corrected chi connectivity index (χ4v) is 4.33. The Labute approximate surface area is 198 Å². The summed E-state index contributed by atoms with van der Waals surface area (Å²) in [5, 5.41) is 5.11.